The van der Waals surface area contributed by atoms with Crippen molar-refractivity contribution in [2.24, 2.45) is 0 Å². The minimum absolute atomic E-state index is 0.0249. The third-order valence-electron chi connectivity index (χ3n) is 3.11. The van der Waals surface area contributed by atoms with Crippen molar-refractivity contribution in [3.8, 4) is 10.6 Å². The lowest BCUT2D eigenvalue weighted by molar-refractivity contribution is -0.122. The fourth-order valence-electron chi connectivity index (χ4n) is 2.03. The number of carbonyl (C=O) groups is 2. The van der Waals surface area contributed by atoms with Gasteiger partial charge >= 0.3 is 0 Å². The standard InChI is InChI=1S/C13H13N3O3S/c17-12-4-3-8(7-14-12)15-13(18)9-6-10(19-16-9)11-2-1-5-20-11/h1-2,5-6,8H,3-4,7H2,(H,14,17)(H,15,18). The number of piperidine rings is 1. The maximum absolute atomic E-state index is 12.0. The van der Waals surface area contributed by atoms with E-state index in [0.29, 0.717) is 25.1 Å². The van der Waals surface area contributed by atoms with Gasteiger partial charge in [0.2, 0.25) is 5.91 Å². The van der Waals surface area contributed by atoms with Gasteiger partial charge in [-0.2, -0.15) is 0 Å². The van der Waals surface area contributed by atoms with Crippen LogP contribution in [0.4, 0.5) is 0 Å². The molecule has 2 amide bonds. The quantitative estimate of drug-likeness (QED) is 0.895. The molecule has 6 nitrogen and oxygen atoms in total. The van der Waals surface area contributed by atoms with Crippen LogP contribution < -0.4 is 10.6 Å². The molecule has 3 rings (SSSR count). The smallest absolute Gasteiger partial charge is 0.273 e. The molecule has 1 unspecified atom stereocenters. The molecule has 0 aliphatic carbocycles. The number of amides is 2. The van der Waals surface area contributed by atoms with Crippen LogP contribution in [0.3, 0.4) is 0 Å². The number of thiophene rings is 1. The molecule has 0 bridgehead atoms. The number of hydrogen-bond acceptors (Lipinski definition) is 5. The lowest BCUT2D eigenvalue weighted by atomic mass is 10.1. The van der Waals surface area contributed by atoms with Crippen LogP contribution in [0, 0.1) is 0 Å². The average molecular weight is 291 g/mol. The Morgan fingerprint density at radius 3 is 3.15 bits per heavy atom. The molecule has 2 N–H and O–H groups in total. The maximum atomic E-state index is 12.0. The lowest BCUT2D eigenvalue weighted by Gasteiger charge is -2.22. The van der Waals surface area contributed by atoms with Gasteiger partial charge in [0.05, 0.1) is 4.88 Å². The Morgan fingerprint density at radius 1 is 1.55 bits per heavy atom. The first kappa shape index (κ1) is 12.9. The summed E-state index contributed by atoms with van der Waals surface area (Å²) in [6.07, 6.45) is 1.08. The van der Waals surface area contributed by atoms with Gasteiger partial charge in [0.25, 0.3) is 5.91 Å². The highest BCUT2D eigenvalue weighted by Crippen LogP contribution is 2.25. The zero-order valence-corrected chi connectivity index (χ0v) is 11.4. The van der Waals surface area contributed by atoms with E-state index in [0.717, 1.165) is 4.88 Å². The van der Waals surface area contributed by atoms with Crippen LogP contribution in [-0.2, 0) is 4.79 Å². The third-order valence-corrected chi connectivity index (χ3v) is 3.99. The highest BCUT2D eigenvalue weighted by molar-refractivity contribution is 7.13. The molecule has 1 aliphatic heterocycles. The summed E-state index contributed by atoms with van der Waals surface area (Å²) in [7, 11) is 0. The maximum Gasteiger partial charge on any atom is 0.273 e. The number of carbonyl (C=O) groups excluding carboxylic acids is 2. The van der Waals surface area contributed by atoms with E-state index in [-0.39, 0.29) is 23.6 Å². The van der Waals surface area contributed by atoms with Gasteiger partial charge in [-0.1, -0.05) is 11.2 Å². The van der Waals surface area contributed by atoms with Crippen molar-refractivity contribution in [3.63, 3.8) is 0 Å². The zero-order valence-electron chi connectivity index (χ0n) is 10.6. The van der Waals surface area contributed by atoms with E-state index in [1.165, 1.54) is 11.3 Å². The first-order valence-corrected chi connectivity index (χ1v) is 7.18. The molecular weight excluding hydrogens is 278 g/mol. The van der Waals surface area contributed by atoms with Crippen molar-refractivity contribution >= 4 is 23.2 Å². The molecule has 104 valence electrons. The predicted molar refractivity (Wildman–Crippen MR) is 73.3 cm³/mol. The SMILES string of the molecule is O=C1CCC(NC(=O)c2cc(-c3cccs3)on2)CN1. The summed E-state index contributed by atoms with van der Waals surface area (Å²) in [5.74, 6) is 0.330. The monoisotopic (exact) mass is 291 g/mol. The van der Waals surface area contributed by atoms with Gasteiger partial charge in [0, 0.05) is 25.1 Å². The van der Waals surface area contributed by atoms with E-state index in [1.807, 2.05) is 17.5 Å². The Labute approximate surface area is 119 Å². The van der Waals surface area contributed by atoms with Gasteiger partial charge in [0.15, 0.2) is 11.5 Å². The van der Waals surface area contributed by atoms with Crippen molar-refractivity contribution < 1.29 is 14.1 Å². The first-order valence-electron chi connectivity index (χ1n) is 6.30. The van der Waals surface area contributed by atoms with Crippen LogP contribution in [0.1, 0.15) is 23.3 Å². The van der Waals surface area contributed by atoms with Crippen LogP contribution >= 0.6 is 11.3 Å². The van der Waals surface area contributed by atoms with Gasteiger partial charge in [-0.05, 0) is 17.9 Å². The second kappa shape index (κ2) is 5.46. The van der Waals surface area contributed by atoms with Crippen molar-refractivity contribution in [2.75, 3.05) is 6.54 Å². The summed E-state index contributed by atoms with van der Waals surface area (Å²) in [5.41, 5.74) is 0.255. The fraction of sp³-hybridized carbons (Fsp3) is 0.308. The zero-order chi connectivity index (χ0) is 13.9. The van der Waals surface area contributed by atoms with E-state index in [4.69, 9.17) is 4.52 Å². The highest BCUT2D eigenvalue weighted by atomic mass is 32.1. The van der Waals surface area contributed by atoms with Crippen LogP contribution in [0.2, 0.25) is 0 Å². The number of aromatic nitrogens is 1. The van der Waals surface area contributed by atoms with Crippen molar-refractivity contribution in [2.45, 2.75) is 18.9 Å². The van der Waals surface area contributed by atoms with Gasteiger partial charge in [-0.25, -0.2) is 0 Å². The molecule has 1 aliphatic rings. The number of nitrogens with zero attached hydrogens (tertiary/aromatic N) is 1. The minimum Gasteiger partial charge on any atom is -0.355 e. The molecule has 0 spiro atoms. The largest absolute Gasteiger partial charge is 0.355 e. The molecule has 0 aromatic carbocycles. The molecule has 7 heteroatoms. The van der Waals surface area contributed by atoms with E-state index >= 15 is 0 Å². The topological polar surface area (TPSA) is 84.2 Å². The van der Waals surface area contributed by atoms with Crippen molar-refractivity contribution in [3.05, 3.63) is 29.3 Å². The molecule has 20 heavy (non-hydrogen) atoms. The molecule has 3 heterocycles. The van der Waals surface area contributed by atoms with Gasteiger partial charge in [-0.15, -0.1) is 11.3 Å². The summed E-state index contributed by atoms with van der Waals surface area (Å²) in [5, 5.41) is 11.3. The van der Waals surface area contributed by atoms with E-state index in [1.54, 1.807) is 6.07 Å². The minimum atomic E-state index is -0.280. The van der Waals surface area contributed by atoms with E-state index < -0.39 is 0 Å². The molecule has 0 saturated carbocycles. The first-order chi connectivity index (χ1) is 9.72. The molecule has 0 radical (unpaired) electrons. The van der Waals surface area contributed by atoms with Crippen LogP contribution in [0.5, 0.6) is 0 Å². The Kier molecular flexibility index (Phi) is 3.51. The highest BCUT2D eigenvalue weighted by Gasteiger charge is 2.22. The molecule has 1 fully saturated rings. The molecule has 2 aromatic heterocycles. The normalized spacial score (nSPS) is 18.6. The Morgan fingerprint density at radius 2 is 2.45 bits per heavy atom. The van der Waals surface area contributed by atoms with Crippen LogP contribution in [-0.4, -0.2) is 29.6 Å². The van der Waals surface area contributed by atoms with Gasteiger partial charge in [-0.3, -0.25) is 9.59 Å². The summed E-state index contributed by atoms with van der Waals surface area (Å²) in [4.78, 5) is 24.0. The van der Waals surface area contributed by atoms with Crippen molar-refractivity contribution in [1.82, 2.24) is 15.8 Å². The van der Waals surface area contributed by atoms with E-state index in [2.05, 4.69) is 15.8 Å². The number of rotatable bonds is 3. The number of hydrogen-bond donors (Lipinski definition) is 2. The summed E-state index contributed by atoms with van der Waals surface area (Å²) in [6, 6.07) is 5.39. The lowest BCUT2D eigenvalue weighted by Crippen LogP contribution is -2.47. The Balaban J connectivity index is 1.64. The third kappa shape index (κ3) is 2.72. The summed E-state index contributed by atoms with van der Waals surface area (Å²) < 4.78 is 5.17. The Hall–Kier alpha value is -2.15. The van der Waals surface area contributed by atoms with Crippen LogP contribution in [0.15, 0.2) is 28.1 Å². The fourth-order valence-corrected chi connectivity index (χ4v) is 2.71. The molecule has 1 saturated heterocycles. The van der Waals surface area contributed by atoms with Crippen molar-refractivity contribution in [1.29, 1.82) is 0 Å². The van der Waals surface area contributed by atoms with Gasteiger partial charge < -0.3 is 15.2 Å². The summed E-state index contributed by atoms with van der Waals surface area (Å²) >= 11 is 1.52. The van der Waals surface area contributed by atoms with E-state index in [9.17, 15) is 9.59 Å². The summed E-state index contributed by atoms with van der Waals surface area (Å²) in [6.45, 7) is 0.459. The number of nitrogens with one attached hydrogen (secondary N) is 2. The second-order valence-corrected chi connectivity index (χ2v) is 5.51. The predicted octanol–water partition coefficient (Wildman–Crippen LogP) is 1.41. The van der Waals surface area contributed by atoms with Crippen LogP contribution in [0.25, 0.3) is 10.6 Å². The Bertz CT molecular complexity index is 611. The van der Waals surface area contributed by atoms with Gasteiger partial charge in [0.1, 0.15) is 0 Å². The molecular formula is C13H13N3O3S. The molecule has 2 aromatic rings. The average Bonchev–Trinajstić information content (AvgIpc) is 3.11. The second-order valence-electron chi connectivity index (χ2n) is 4.57. The molecule has 1 atom stereocenters.